The second-order valence-electron chi connectivity index (χ2n) is 7.85. The zero-order valence-corrected chi connectivity index (χ0v) is 17.6. The highest BCUT2D eigenvalue weighted by Gasteiger charge is 2.41. The standard InChI is InChI=1S/C23H26O6/c1-7-8-13-16-12(10-15(28-5)17(13)22(27)29-6)9-14-18(20(16)25)19(24)11(2)21(26)23(14,3)4/h9-10,24-25H,7-8H2,1-6H3. The zero-order valence-electron chi connectivity index (χ0n) is 17.6. The number of ether oxygens (including phenoxy) is 2. The number of rotatable bonds is 4. The zero-order chi connectivity index (χ0) is 21.7. The fourth-order valence-electron chi connectivity index (χ4n) is 4.21. The Kier molecular flexibility index (Phi) is 5.07. The second-order valence-corrected chi connectivity index (χ2v) is 7.85. The van der Waals surface area contributed by atoms with Crippen LogP contribution in [-0.4, -0.2) is 36.2 Å². The van der Waals surface area contributed by atoms with Crippen LogP contribution in [-0.2, 0) is 21.4 Å². The van der Waals surface area contributed by atoms with Gasteiger partial charge in [-0.1, -0.05) is 13.3 Å². The maximum atomic E-state index is 12.8. The summed E-state index contributed by atoms with van der Waals surface area (Å²) in [7, 11) is 2.76. The van der Waals surface area contributed by atoms with Crippen LogP contribution in [0.1, 0.15) is 61.2 Å². The van der Waals surface area contributed by atoms with Gasteiger partial charge in [0.15, 0.2) is 5.78 Å². The molecular weight excluding hydrogens is 372 g/mol. The predicted octanol–water partition coefficient (Wildman–Crippen LogP) is 4.44. The largest absolute Gasteiger partial charge is 0.507 e. The lowest BCUT2D eigenvalue weighted by molar-refractivity contribution is -0.120. The summed E-state index contributed by atoms with van der Waals surface area (Å²) < 4.78 is 10.4. The van der Waals surface area contributed by atoms with E-state index in [0.717, 1.165) is 0 Å². The Balaban J connectivity index is 2.56. The van der Waals surface area contributed by atoms with E-state index in [-0.39, 0.29) is 34.0 Å². The summed E-state index contributed by atoms with van der Waals surface area (Å²) in [5.41, 5.74) is 0.899. The summed E-state index contributed by atoms with van der Waals surface area (Å²) in [6, 6.07) is 3.44. The van der Waals surface area contributed by atoms with Gasteiger partial charge in [-0.25, -0.2) is 4.79 Å². The first-order valence-electron chi connectivity index (χ1n) is 9.55. The molecule has 0 fully saturated rings. The number of aromatic hydroxyl groups is 1. The lowest BCUT2D eigenvalue weighted by Crippen LogP contribution is -2.34. The lowest BCUT2D eigenvalue weighted by atomic mass is 9.70. The molecule has 0 saturated carbocycles. The molecular formula is C23H26O6. The average molecular weight is 398 g/mol. The van der Waals surface area contributed by atoms with Crippen LogP contribution < -0.4 is 4.74 Å². The van der Waals surface area contributed by atoms with Crippen LogP contribution in [0.15, 0.2) is 17.7 Å². The van der Waals surface area contributed by atoms with Crippen molar-refractivity contribution in [1.29, 1.82) is 0 Å². The molecule has 2 aromatic rings. The van der Waals surface area contributed by atoms with Gasteiger partial charge < -0.3 is 19.7 Å². The van der Waals surface area contributed by atoms with Crippen molar-refractivity contribution in [2.75, 3.05) is 14.2 Å². The number of aliphatic hydroxyl groups excluding tert-OH is 1. The maximum absolute atomic E-state index is 12.8. The number of Topliss-reactive ketones (excluding diaryl/α,β-unsaturated/α-hetero) is 1. The Bertz CT molecular complexity index is 1070. The first kappa shape index (κ1) is 20.7. The van der Waals surface area contributed by atoms with Crippen molar-refractivity contribution in [2.45, 2.75) is 46.0 Å². The van der Waals surface area contributed by atoms with E-state index in [1.165, 1.54) is 14.2 Å². The number of carbonyl (C=O) groups is 2. The molecule has 0 aromatic heterocycles. The molecule has 29 heavy (non-hydrogen) atoms. The highest BCUT2D eigenvalue weighted by molar-refractivity contribution is 6.14. The van der Waals surface area contributed by atoms with E-state index in [1.807, 2.05) is 6.92 Å². The molecule has 0 heterocycles. The van der Waals surface area contributed by atoms with Gasteiger partial charge in [0.2, 0.25) is 0 Å². The van der Waals surface area contributed by atoms with Gasteiger partial charge in [-0.3, -0.25) is 4.79 Å². The van der Waals surface area contributed by atoms with Gasteiger partial charge in [-0.15, -0.1) is 0 Å². The SMILES string of the molecule is CCCc1c(C(=O)OC)c(OC)cc2cc3c(c(O)c12)C(O)=C(C)C(=O)C3(C)C. The number of hydrogen-bond acceptors (Lipinski definition) is 6. The fraction of sp³-hybridized carbons (Fsp3) is 0.391. The third-order valence-electron chi connectivity index (χ3n) is 5.75. The molecule has 6 nitrogen and oxygen atoms in total. The number of benzene rings is 2. The van der Waals surface area contributed by atoms with Crippen molar-refractivity contribution >= 4 is 28.3 Å². The molecule has 0 unspecified atom stereocenters. The molecule has 2 N–H and O–H groups in total. The van der Waals surface area contributed by atoms with Crippen molar-refractivity contribution in [3.05, 3.63) is 40.0 Å². The first-order chi connectivity index (χ1) is 13.6. The fourth-order valence-corrected chi connectivity index (χ4v) is 4.21. The van der Waals surface area contributed by atoms with E-state index in [2.05, 4.69) is 0 Å². The number of esters is 1. The maximum Gasteiger partial charge on any atom is 0.341 e. The van der Waals surface area contributed by atoms with Crippen LogP contribution in [0, 0.1) is 0 Å². The number of fused-ring (bicyclic) bond motifs is 2. The minimum absolute atomic E-state index is 0.147. The number of ketones is 1. The quantitative estimate of drug-likeness (QED) is 0.740. The Labute approximate surface area is 169 Å². The van der Waals surface area contributed by atoms with Gasteiger partial charge in [-0.05, 0) is 55.8 Å². The van der Waals surface area contributed by atoms with Crippen molar-refractivity contribution < 1.29 is 29.3 Å². The summed E-state index contributed by atoms with van der Waals surface area (Å²) in [4.78, 5) is 25.3. The molecule has 0 atom stereocenters. The highest BCUT2D eigenvalue weighted by atomic mass is 16.5. The van der Waals surface area contributed by atoms with Crippen LogP contribution in [0.2, 0.25) is 0 Å². The van der Waals surface area contributed by atoms with E-state index in [0.29, 0.717) is 40.5 Å². The van der Waals surface area contributed by atoms with Gasteiger partial charge in [0.05, 0.1) is 25.2 Å². The Hall–Kier alpha value is -3.02. The molecule has 3 rings (SSSR count). The normalized spacial score (nSPS) is 15.4. The predicted molar refractivity (Wildman–Crippen MR) is 111 cm³/mol. The molecule has 0 amide bonds. The molecule has 0 saturated heterocycles. The number of methoxy groups -OCH3 is 2. The molecule has 0 spiro atoms. The van der Waals surface area contributed by atoms with Crippen LogP contribution >= 0.6 is 0 Å². The van der Waals surface area contributed by atoms with E-state index in [4.69, 9.17) is 9.47 Å². The summed E-state index contributed by atoms with van der Waals surface area (Å²) in [5, 5.41) is 23.0. The Morgan fingerprint density at radius 2 is 1.83 bits per heavy atom. The number of carbonyl (C=O) groups excluding carboxylic acids is 2. The molecule has 6 heteroatoms. The van der Waals surface area contributed by atoms with Crippen molar-refractivity contribution in [1.82, 2.24) is 0 Å². The monoisotopic (exact) mass is 398 g/mol. The van der Waals surface area contributed by atoms with Crippen LogP contribution in [0.4, 0.5) is 0 Å². The van der Waals surface area contributed by atoms with E-state index < -0.39 is 11.4 Å². The number of allylic oxidation sites excluding steroid dienone is 1. The summed E-state index contributed by atoms with van der Waals surface area (Å²) in [5.74, 6) is -0.806. The molecule has 1 aliphatic rings. The van der Waals surface area contributed by atoms with Gasteiger partial charge in [0.1, 0.15) is 22.8 Å². The van der Waals surface area contributed by atoms with Gasteiger partial charge >= 0.3 is 5.97 Å². The molecule has 1 aliphatic carbocycles. The average Bonchev–Trinajstić information content (AvgIpc) is 2.69. The third kappa shape index (κ3) is 2.85. The highest BCUT2D eigenvalue weighted by Crippen LogP contribution is 2.48. The van der Waals surface area contributed by atoms with E-state index in [1.54, 1.807) is 32.9 Å². The number of phenols is 1. The van der Waals surface area contributed by atoms with Gasteiger partial charge in [-0.2, -0.15) is 0 Å². The smallest absolute Gasteiger partial charge is 0.341 e. The van der Waals surface area contributed by atoms with Gasteiger partial charge in [0.25, 0.3) is 0 Å². The topological polar surface area (TPSA) is 93.1 Å². The third-order valence-corrected chi connectivity index (χ3v) is 5.75. The lowest BCUT2D eigenvalue weighted by Gasteiger charge is -2.32. The second kappa shape index (κ2) is 7.10. The van der Waals surface area contributed by atoms with Gasteiger partial charge in [0, 0.05) is 11.0 Å². The molecule has 0 aliphatic heterocycles. The summed E-state index contributed by atoms with van der Waals surface area (Å²) >= 11 is 0. The first-order valence-corrected chi connectivity index (χ1v) is 9.55. The summed E-state index contributed by atoms with van der Waals surface area (Å²) in [6.07, 6.45) is 1.21. The Morgan fingerprint density at radius 1 is 1.17 bits per heavy atom. The van der Waals surface area contributed by atoms with Crippen molar-refractivity contribution in [3.8, 4) is 11.5 Å². The van der Waals surface area contributed by atoms with Crippen LogP contribution in [0.3, 0.4) is 0 Å². The molecule has 0 bridgehead atoms. The summed E-state index contributed by atoms with van der Waals surface area (Å²) in [6.45, 7) is 7.04. The minimum Gasteiger partial charge on any atom is -0.507 e. The molecule has 2 aromatic carbocycles. The van der Waals surface area contributed by atoms with Crippen LogP contribution in [0.25, 0.3) is 16.5 Å². The van der Waals surface area contributed by atoms with E-state index in [9.17, 15) is 19.8 Å². The number of aliphatic hydroxyl groups is 1. The van der Waals surface area contributed by atoms with E-state index >= 15 is 0 Å². The minimum atomic E-state index is -0.920. The van der Waals surface area contributed by atoms with Crippen molar-refractivity contribution in [2.24, 2.45) is 0 Å². The number of aryl methyl sites for hydroxylation is 1. The van der Waals surface area contributed by atoms with Crippen molar-refractivity contribution in [3.63, 3.8) is 0 Å². The van der Waals surface area contributed by atoms with Crippen LogP contribution in [0.5, 0.6) is 11.5 Å². The Morgan fingerprint density at radius 3 is 2.38 bits per heavy atom. The molecule has 154 valence electrons. The number of phenolic OH excluding ortho intramolecular Hbond substituents is 1. The number of hydrogen-bond donors (Lipinski definition) is 2. The molecule has 0 radical (unpaired) electrons.